The number of carbonyl (C=O) groups excluding carboxylic acids is 2. The van der Waals surface area contributed by atoms with Crippen LogP contribution < -0.4 is 4.90 Å². The second-order valence-electron chi connectivity index (χ2n) is 5.69. The van der Waals surface area contributed by atoms with E-state index in [1.807, 2.05) is 24.0 Å². The Morgan fingerprint density at radius 2 is 1.70 bits per heavy atom. The van der Waals surface area contributed by atoms with Gasteiger partial charge in [0.05, 0.1) is 0 Å². The minimum atomic E-state index is -0.0827. The van der Waals surface area contributed by atoms with E-state index in [9.17, 15) is 9.59 Å². The number of rotatable bonds is 8. The predicted molar refractivity (Wildman–Crippen MR) is 96.0 cm³/mol. The maximum atomic E-state index is 12.4. The largest absolute Gasteiger partial charge is 0.343 e. The van der Waals surface area contributed by atoms with Crippen LogP contribution in [0.4, 0.5) is 5.69 Å². The van der Waals surface area contributed by atoms with Crippen LogP contribution in [0.3, 0.4) is 0 Å². The lowest BCUT2D eigenvalue weighted by Crippen LogP contribution is -2.37. The maximum Gasteiger partial charge on any atom is 0.224 e. The number of benzene rings is 1. The van der Waals surface area contributed by atoms with E-state index in [1.165, 1.54) is 6.92 Å². The zero-order valence-electron chi connectivity index (χ0n) is 14.6. The molecule has 0 aromatic heterocycles. The number of hydrogen-bond donors (Lipinski definition) is 0. The summed E-state index contributed by atoms with van der Waals surface area (Å²) in [6, 6.07) is 5.49. The predicted octanol–water partition coefficient (Wildman–Crippen LogP) is 4.04. The lowest BCUT2D eigenvalue weighted by atomic mass is 10.1. The van der Waals surface area contributed by atoms with Gasteiger partial charge in [-0.3, -0.25) is 9.59 Å². The lowest BCUT2D eigenvalue weighted by molar-refractivity contribution is -0.131. The molecule has 1 aromatic carbocycles. The fourth-order valence-electron chi connectivity index (χ4n) is 2.60. The van der Waals surface area contributed by atoms with Crippen molar-refractivity contribution in [2.45, 2.75) is 47.0 Å². The highest BCUT2D eigenvalue weighted by molar-refractivity contribution is 6.31. The van der Waals surface area contributed by atoms with Crippen molar-refractivity contribution in [1.29, 1.82) is 0 Å². The Morgan fingerprint density at radius 1 is 1.09 bits per heavy atom. The molecule has 0 saturated heterocycles. The molecule has 2 amide bonds. The molecule has 4 nitrogen and oxygen atoms in total. The molecule has 0 saturated carbocycles. The lowest BCUT2D eigenvalue weighted by Gasteiger charge is -2.26. The van der Waals surface area contributed by atoms with Crippen molar-refractivity contribution in [2.75, 3.05) is 24.5 Å². The SMILES string of the molecule is CCCN(CCC)C(=O)CCN(C(C)=O)c1cccc(Cl)c1C. The first-order valence-corrected chi connectivity index (χ1v) is 8.61. The van der Waals surface area contributed by atoms with Crippen LogP contribution in [-0.4, -0.2) is 36.3 Å². The van der Waals surface area contributed by atoms with Gasteiger partial charge in [-0.05, 0) is 37.5 Å². The van der Waals surface area contributed by atoms with E-state index < -0.39 is 0 Å². The highest BCUT2D eigenvalue weighted by Gasteiger charge is 2.18. The third-order valence-electron chi connectivity index (χ3n) is 3.80. The molecule has 5 heteroatoms. The van der Waals surface area contributed by atoms with Crippen LogP contribution in [0.25, 0.3) is 0 Å². The number of anilines is 1. The van der Waals surface area contributed by atoms with Crippen molar-refractivity contribution in [2.24, 2.45) is 0 Å². The topological polar surface area (TPSA) is 40.6 Å². The zero-order valence-corrected chi connectivity index (χ0v) is 15.3. The molecule has 0 aliphatic heterocycles. The number of nitrogens with zero attached hydrogens (tertiary/aromatic N) is 2. The van der Waals surface area contributed by atoms with Gasteiger partial charge in [-0.2, -0.15) is 0 Å². The van der Waals surface area contributed by atoms with Crippen LogP contribution in [0.15, 0.2) is 18.2 Å². The summed E-state index contributed by atoms with van der Waals surface area (Å²) in [7, 11) is 0. The normalized spacial score (nSPS) is 10.5. The Hall–Kier alpha value is -1.55. The molecule has 1 rings (SSSR count). The molecule has 0 N–H and O–H groups in total. The van der Waals surface area contributed by atoms with Gasteiger partial charge in [-0.1, -0.05) is 31.5 Å². The van der Waals surface area contributed by atoms with E-state index in [-0.39, 0.29) is 11.8 Å². The molecular weight excluding hydrogens is 312 g/mol. The van der Waals surface area contributed by atoms with Gasteiger partial charge < -0.3 is 9.80 Å². The Morgan fingerprint density at radius 3 is 2.22 bits per heavy atom. The van der Waals surface area contributed by atoms with Crippen molar-refractivity contribution in [1.82, 2.24) is 4.90 Å². The smallest absolute Gasteiger partial charge is 0.224 e. The van der Waals surface area contributed by atoms with Crippen molar-refractivity contribution in [3.63, 3.8) is 0 Å². The molecule has 0 unspecified atom stereocenters. The quantitative estimate of drug-likeness (QED) is 0.717. The Bertz CT molecular complexity index is 540. The van der Waals surface area contributed by atoms with E-state index in [2.05, 4.69) is 13.8 Å². The standard InChI is InChI=1S/C18H27ClN2O2/c1-5-11-20(12-6-2)18(23)10-13-21(15(4)22)17-9-7-8-16(19)14(17)3/h7-9H,5-6,10-13H2,1-4H3. The van der Waals surface area contributed by atoms with Crippen LogP contribution >= 0.6 is 11.6 Å². The fraction of sp³-hybridized carbons (Fsp3) is 0.556. The summed E-state index contributed by atoms with van der Waals surface area (Å²) < 4.78 is 0. The van der Waals surface area contributed by atoms with Gasteiger partial charge in [-0.15, -0.1) is 0 Å². The number of amides is 2. The zero-order chi connectivity index (χ0) is 17.4. The van der Waals surface area contributed by atoms with Gasteiger partial charge in [0, 0.05) is 43.7 Å². The molecule has 0 spiro atoms. The molecule has 0 heterocycles. The summed E-state index contributed by atoms with van der Waals surface area (Å²) in [5.74, 6) is 0.0142. The molecule has 1 aromatic rings. The van der Waals surface area contributed by atoms with Crippen molar-refractivity contribution in [3.05, 3.63) is 28.8 Å². The van der Waals surface area contributed by atoms with Gasteiger partial charge in [0.25, 0.3) is 0 Å². The molecular formula is C18H27ClN2O2. The summed E-state index contributed by atoms with van der Waals surface area (Å²) >= 11 is 6.15. The second kappa shape index (κ2) is 9.56. The van der Waals surface area contributed by atoms with E-state index in [4.69, 9.17) is 11.6 Å². The maximum absolute atomic E-state index is 12.4. The van der Waals surface area contributed by atoms with Gasteiger partial charge >= 0.3 is 0 Å². The van der Waals surface area contributed by atoms with Gasteiger partial charge in [0.15, 0.2) is 0 Å². The highest BCUT2D eigenvalue weighted by atomic mass is 35.5. The molecule has 0 aliphatic rings. The van der Waals surface area contributed by atoms with E-state index in [0.717, 1.165) is 37.2 Å². The van der Waals surface area contributed by atoms with Crippen LogP contribution in [-0.2, 0) is 9.59 Å². The molecule has 128 valence electrons. The Labute approximate surface area is 144 Å². The summed E-state index contributed by atoms with van der Waals surface area (Å²) in [5.41, 5.74) is 1.63. The summed E-state index contributed by atoms with van der Waals surface area (Å²) in [4.78, 5) is 27.9. The number of hydrogen-bond acceptors (Lipinski definition) is 2. The van der Waals surface area contributed by atoms with Gasteiger partial charge in [-0.25, -0.2) is 0 Å². The molecule has 0 aliphatic carbocycles. The van der Waals surface area contributed by atoms with Crippen LogP contribution in [0.1, 0.15) is 45.6 Å². The van der Waals surface area contributed by atoms with Crippen molar-refractivity contribution >= 4 is 29.1 Å². The number of halogens is 1. The fourth-order valence-corrected chi connectivity index (χ4v) is 2.77. The van der Waals surface area contributed by atoms with Crippen molar-refractivity contribution < 1.29 is 9.59 Å². The third kappa shape index (κ3) is 5.54. The first kappa shape index (κ1) is 19.5. The summed E-state index contributed by atoms with van der Waals surface area (Å²) in [6.45, 7) is 9.43. The van der Waals surface area contributed by atoms with Crippen LogP contribution in [0.5, 0.6) is 0 Å². The first-order chi connectivity index (χ1) is 10.9. The number of carbonyl (C=O) groups is 2. The summed E-state index contributed by atoms with van der Waals surface area (Å²) in [5, 5.41) is 0.624. The molecule has 23 heavy (non-hydrogen) atoms. The minimum absolute atomic E-state index is 0.0827. The Balaban J connectivity index is 2.83. The van der Waals surface area contributed by atoms with E-state index >= 15 is 0 Å². The van der Waals surface area contributed by atoms with Crippen molar-refractivity contribution in [3.8, 4) is 0 Å². The molecule has 0 fully saturated rings. The first-order valence-electron chi connectivity index (χ1n) is 8.23. The average Bonchev–Trinajstić information content (AvgIpc) is 2.50. The van der Waals surface area contributed by atoms with E-state index in [1.54, 1.807) is 11.0 Å². The molecule has 0 bridgehead atoms. The van der Waals surface area contributed by atoms with Gasteiger partial charge in [0.2, 0.25) is 11.8 Å². The summed E-state index contributed by atoms with van der Waals surface area (Å²) in [6.07, 6.45) is 2.21. The molecule has 0 radical (unpaired) electrons. The van der Waals surface area contributed by atoms with Gasteiger partial charge in [0.1, 0.15) is 0 Å². The minimum Gasteiger partial charge on any atom is -0.343 e. The molecule has 0 atom stereocenters. The third-order valence-corrected chi connectivity index (χ3v) is 4.21. The average molecular weight is 339 g/mol. The second-order valence-corrected chi connectivity index (χ2v) is 6.09. The van der Waals surface area contributed by atoms with Crippen LogP contribution in [0.2, 0.25) is 5.02 Å². The Kier molecular flexibility index (Phi) is 8.10. The van der Waals surface area contributed by atoms with Crippen LogP contribution in [0, 0.1) is 6.92 Å². The highest BCUT2D eigenvalue weighted by Crippen LogP contribution is 2.26. The van der Waals surface area contributed by atoms with E-state index in [0.29, 0.717) is 18.0 Å². The monoisotopic (exact) mass is 338 g/mol.